The number of benzene rings is 2. The first-order valence-corrected chi connectivity index (χ1v) is 8.34. The summed E-state index contributed by atoms with van der Waals surface area (Å²) in [6, 6.07) is 16.4. The summed E-state index contributed by atoms with van der Waals surface area (Å²) in [5.74, 6) is 0.182. The SMILES string of the molecule is CC1Cc2ccccc2N1C(=O)CCNc1ccc(Br)cc1. The number of para-hydroxylation sites is 1. The molecule has 1 unspecified atom stereocenters. The summed E-state index contributed by atoms with van der Waals surface area (Å²) >= 11 is 3.41. The number of fused-ring (bicyclic) bond motifs is 1. The van der Waals surface area contributed by atoms with E-state index in [4.69, 9.17) is 0 Å². The number of nitrogens with zero attached hydrogens (tertiary/aromatic N) is 1. The lowest BCUT2D eigenvalue weighted by molar-refractivity contribution is -0.118. The van der Waals surface area contributed by atoms with E-state index in [2.05, 4.69) is 34.2 Å². The normalized spacial score (nSPS) is 16.5. The topological polar surface area (TPSA) is 32.3 Å². The van der Waals surface area contributed by atoms with E-state index >= 15 is 0 Å². The van der Waals surface area contributed by atoms with Crippen molar-refractivity contribution in [2.45, 2.75) is 25.8 Å². The molecule has 3 rings (SSSR count). The zero-order valence-electron chi connectivity index (χ0n) is 12.6. The first kappa shape index (κ1) is 15.1. The van der Waals surface area contributed by atoms with Gasteiger partial charge in [0.25, 0.3) is 0 Å². The van der Waals surface area contributed by atoms with Crippen LogP contribution >= 0.6 is 15.9 Å². The van der Waals surface area contributed by atoms with Crippen LogP contribution in [0.3, 0.4) is 0 Å². The van der Waals surface area contributed by atoms with Crippen LogP contribution in [0.4, 0.5) is 11.4 Å². The van der Waals surface area contributed by atoms with Gasteiger partial charge in [-0.1, -0.05) is 34.1 Å². The summed E-state index contributed by atoms with van der Waals surface area (Å²) in [5, 5.41) is 3.30. The molecule has 2 aromatic carbocycles. The number of hydrogen-bond acceptors (Lipinski definition) is 2. The van der Waals surface area contributed by atoms with E-state index in [0.29, 0.717) is 13.0 Å². The molecule has 0 saturated heterocycles. The smallest absolute Gasteiger partial charge is 0.229 e. The van der Waals surface area contributed by atoms with E-state index in [-0.39, 0.29) is 11.9 Å². The molecule has 3 nitrogen and oxygen atoms in total. The highest BCUT2D eigenvalue weighted by atomic mass is 79.9. The lowest BCUT2D eigenvalue weighted by Crippen LogP contribution is -2.36. The van der Waals surface area contributed by atoms with E-state index in [1.807, 2.05) is 47.4 Å². The highest BCUT2D eigenvalue weighted by Gasteiger charge is 2.29. The average Bonchev–Trinajstić information content (AvgIpc) is 2.85. The summed E-state index contributed by atoms with van der Waals surface area (Å²) in [6.07, 6.45) is 1.44. The maximum absolute atomic E-state index is 12.5. The second kappa shape index (κ2) is 6.53. The van der Waals surface area contributed by atoms with Gasteiger partial charge in [-0.15, -0.1) is 0 Å². The standard InChI is InChI=1S/C18H19BrN2O/c1-13-12-14-4-2-3-5-17(14)21(13)18(22)10-11-20-16-8-6-15(19)7-9-16/h2-9,13,20H,10-12H2,1H3. The molecule has 1 aliphatic rings. The van der Waals surface area contributed by atoms with Crippen LogP contribution in [0, 0.1) is 0 Å². The molecular formula is C18H19BrN2O. The quantitative estimate of drug-likeness (QED) is 0.886. The van der Waals surface area contributed by atoms with Crippen molar-refractivity contribution in [3.05, 3.63) is 58.6 Å². The third-order valence-electron chi connectivity index (χ3n) is 3.99. The van der Waals surface area contributed by atoms with Crippen LogP contribution in [0.15, 0.2) is 53.0 Å². The molecule has 4 heteroatoms. The third kappa shape index (κ3) is 3.17. The Morgan fingerprint density at radius 2 is 1.95 bits per heavy atom. The molecule has 1 N–H and O–H groups in total. The molecule has 0 saturated carbocycles. The number of carbonyl (C=O) groups excluding carboxylic acids is 1. The average molecular weight is 359 g/mol. The molecule has 1 amide bonds. The van der Waals surface area contributed by atoms with Gasteiger partial charge in [-0.2, -0.15) is 0 Å². The van der Waals surface area contributed by atoms with E-state index in [9.17, 15) is 4.79 Å². The number of amides is 1. The Hall–Kier alpha value is -1.81. The van der Waals surface area contributed by atoms with E-state index in [0.717, 1.165) is 22.3 Å². The predicted molar refractivity (Wildman–Crippen MR) is 94.3 cm³/mol. The monoisotopic (exact) mass is 358 g/mol. The fraction of sp³-hybridized carbons (Fsp3) is 0.278. The van der Waals surface area contributed by atoms with Crippen LogP contribution in [0.2, 0.25) is 0 Å². The number of hydrogen-bond donors (Lipinski definition) is 1. The minimum atomic E-state index is 0.182. The number of carbonyl (C=O) groups is 1. The Bertz CT molecular complexity index is 669. The maximum atomic E-state index is 12.5. The molecule has 0 aliphatic carbocycles. The number of nitrogens with one attached hydrogen (secondary N) is 1. The van der Waals surface area contributed by atoms with Gasteiger partial charge in [-0.05, 0) is 49.2 Å². The lowest BCUT2D eigenvalue weighted by Gasteiger charge is -2.23. The molecular weight excluding hydrogens is 340 g/mol. The summed E-state index contributed by atoms with van der Waals surface area (Å²) in [6.45, 7) is 2.76. The number of anilines is 2. The number of rotatable bonds is 4. The minimum Gasteiger partial charge on any atom is -0.385 e. The Balaban J connectivity index is 1.59. The zero-order chi connectivity index (χ0) is 15.5. The molecule has 0 aromatic heterocycles. The Labute approximate surface area is 139 Å². The summed E-state index contributed by atoms with van der Waals surface area (Å²) < 4.78 is 1.05. The Morgan fingerprint density at radius 3 is 2.73 bits per heavy atom. The van der Waals surface area contributed by atoms with Crippen LogP contribution in [0.5, 0.6) is 0 Å². The van der Waals surface area contributed by atoms with Crippen molar-refractivity contribution in [1.82, 2.24) is 0 Å². The van der Waals surface area contributed by atoms with Crippen molar-refractivity contribution in [3.63, 3.8) is 0 Å². The Kier molecular flexibility index (Phi) is 4.48. The van der Waals surface area contributed by atoms with Crippen molar-refractivity contribution in [2.75, 3.05) is 16.8 Å². The van der Waals surface area contributed by atoms with Gasteiger partial charge in [-0.3, -0.25) is 4.79 Å². The minimum absolute atomic E-state index is 0.182. The van der Waals surface area contributed by atoms with E-state index in [1.165, 1.54) is 5.56 Å². The van der Waals surface area contributed by atoms with Crippen molar-refractivity contribution in [3.8, 4) is 0 Å². The zero-order valence-corrected chi connectivity index (χ0v) is 14.1. The molecule has 0 spiro atoms. The van der Waals surface area contributed by atoms with Crippen LogP contribution in [0.25, 0.3) is 0 Å². The summed E-state index contributed by atoms with van der Waals surface area (Å²) in [7, 11) is 0. The summed E-state index contributed by atoms with van der Waals surface area (Å²) in [4.78, 5) is 14.5. The summed E-state index contributed by atoms with van der Waals surface area (Å²) in [5.41, 5.74) is 3.37. The molecule has 22 heavy (non-hydrogen) atoms. The molecule has 1 aliphatic heterocycles. The molecule has 0 fully saturated rings. The molecule has 0 bridgehead atoms. The van der Waals surface area contributed by atoms with Crippen molar-refractivity contribution in [2.24, 2.45) is 0 Å². The van der Waals surface area contributed by atoms with Gasteiger partial charge < -0.3 is 10.2 Å². The third-order valence-corrected chi connectivity index (χ3v) is 4.52. The van der Waals surface area contributed by atoms with Crippen LogP contribution in [-0.4, -0.2) is 18.5 Å². The molecule has 1 atom stereocenters. The van der Waals surface area contributed by atoms with Gasteiger partial charge in [0, 0.05) is 34.9 Å². The van der Waals surface area contributed by atoms with Gasteiger partial charge >= 0.3 is 0 Å². The fourth-order valence-corrected chi connectivity index (χ4v) is 3.21. The van der Waals surface area contributed by atoms with Gasteiger partial charge in [0.15, 0.2) is 0 Å². The van der Waals surface area contributed by atoms with Crippen molar-refractivity contribution < 1.29 is 4.79 Å². The largest absolute Gasteiger partial charge is 0.385 e. The second-order valence-corrected chi connectivity index (χ2v) is 6.54. The van der Waals surface area contributed by atoms with E-state index < -0.39 is 0 Å². The molecule has 114 valence electrons. The van der Waals surface area contributed by atoms with Gasteiger partial charge in [0.1, 0.15) is 0 Å². The second-order valence-electron chi connectivity index (χ2n) is 5.63. The molecule has 1 heterocycles. The first-order chi connectivity index (χ1) is 10.6. The molecule has 0 radical (unpaired) electrons. The predicted octanol–water partition coefficient (Wildman–Crippen LogP) is 4.23. The lowest BCUT2D eigenvalue weighted by atomic mass is 10.1. The Morgan fingerprint density at radius 1 is 1.23 bits per heavy atom. The highest BCUT2D eigenvalue weighted by molar-refractivity contribution is 9.10. The van der Waals surface area contributed by atoms with Gasteiger partial charge in [0.05, 0.1) is 0 Å². The van der Waals surface area contributed by atoms with Crippen LogP contribution in [0.1, 0.15) is 18.9 Å². The van der Waals surface area contributed by atoms with Crippen molar-refractivity contribution in [1.29, 1.82) is 0 Å². The first-order valence-electron chi connectivity index (χ1n) is 7.54. The van der Waals surface area contributed by atoms with Crippen LogP contribution in [-0.2, 0) is 11.2 Å². The van der Waals surface area contributed by atoms with Crippen LogP contribution < -0.4 is 10.2 Å². The van der Waals surface area contributed by atoms with Gasteiger partial charge in [-0.25, -0.2) is 0 Å². The van der Waals surface area contributed by atoms with Gasteiger partial charge in [0.2, 0.25) is 5.91 Å². The van der Waals surface area contributed by atoms with Crippen molar-refractivity contribution >= 4 is 33.2 Å². The maximum Gasteiger partial charge on any atom is 0.229 e. The fourth-order valence-electron chi connectivity index (χ4n) is 2.95. The highest BCUT2D eigenvalue weighted by Crippen LogP contribution is 2.32. The molecule has 2 aromatic rings. The van der Waals surface area contributed by atoms with E-state index in [1.54, 1.807) is 0 Å². The number of halogens is 1.